The van der Waals surface area contributed by atoms with E-state index in [-0.39, 0.29) is 0 Å². The van der Waals surface area contributed by atoms with Crippen LogP contribution in [0, 0.1) is 0 Å². The van der Waals surface area contributed by atoms with Gasteiger partial charge in [-0.2, -0.15) is 0 Å². The van der Waals surface area contributed by atoms with Gasteiger partial charge in [-0.25, -0.2) is 9.78 Å². The van der Waals surface area contributed by atoms with E-state index < -0.39 is 5.97 Å². The maximum atomic E-state index is 11.8. The Labute approximate surface area is 114 Å². The van der Waals surface area contributed by atoms with Gasteiger partial charge in [-0.15, -0.1) is 0 Å². The SMILES string of the molecule is CCOC(=O)c1ccnc(N(CC)C(C)CC)c1N. The van der Waals surface area contributed by atoms with Gasteiger partial charge < -0.3 is 15.4 Å². The highest BCUT2D eigenvalue weighted by Crippen LogP contribution is 2.26. The lowest BCUT2D eigenvalue weighted by Gasteiger charge is -2.29. The Kier molecular flexibility index (Phi) is 5.60. The number of esters is 1. The smallest absolute Gasteiger partial charge is 0.340 e. The van der Waals surface area contributed by atoms with Crippen LogP contribution >= 0.6 is 0 Å². The molecule has 0 aliphatic heterocycles. The van der Waals surface area contributed by atoms with Crippen LogP contribution in [0.4, 0.5) is 11.5 Å². The first-order valence-corrected chi connectivity index (χ1v) is 6.74. The Morgan fingerprint density at radius 3 is 2.68 bits per heavy atom. The third kappa shape index (κ3) is 3.36. The first kappa shape index (κ1) is 15.3. The van der Waals surface area contributed by atoms with Crippen LogP contribution in [0.5, 0.6) is 0 Å². The molecule has 0 aromatic carbocycles. The minimum Gasteiger partial charge on any atom is -0.462 e. The maximum Gasteiger partial charge on any atom is 0.340 e. The van der Waals surface area contributed by atoms with Crippen LogP contribution in [0.15, 0.2) is 12.3 Å². The predicted molar refractivity (Wildman–Crippen MR) is 77.4 cm³/mol. The number of anilines is 2. The van der Waals surface area contributed by atoms with E-state index in [2.05, 4.69) is 23.7 Å². The van der Waals surface area contributed by atoms with Gasteiger partial charge in [0.1, 0.15) is 0 Å². The van der Waals surface area contributed by atoms with Gasteiger partial charge in [0.15, 0.2) is 5.82 Å². The van der Waals surface area contributed by atoms with Crippen molar-refractivity contribution in [3.05, 3.63) is 17.8 Å². The first-order chi connectivity index (χ1) is 9.06. The van der Waals surface area contributed by atoms with Gasteiger partial charge in [-0.1, -0.05) is 6.92 Å². The van der Waals surface area contributed by atoms with Gasteiger partial charge in [0.25, 0.3) is 0 Å². The number of nitrogen functional groups attached to an aromatic ring is 1. The molecule has 0 saturated heterocycles. The molecular weight excluding hydrogens is 242 g/mol. The standard InChI is InChI=1S/C14H23N3O2/c1-5-10(4)17(6-2)13-12(15)11(8-9-16-13)14(18)19-7-3/h8-10H,5-7,15H2,1-4H3. The average molecular weight is 265 g/mol. The monoisotopic (exact) mass is 265 g/mol. The lowest BCUT2D eigenvalue weighted by molar-refractivity contribution is 0.0527. The van der Waals surface area contributed by atoms with E-state index in [1.807, 2.05) is 6.92 Å². The van der Waals surface area contributed by atoms with Crippen LogP contribution < -0.4 is 10.6 Å². The summed E-state index contributed by atoms with van der Waals surface area (Å²) in [6.45, 7) is 9.16. The number of aromatic nitrogens is 1. The molecule has 0 fully saturated rings. The summed E-state index contributed by atoms with van der Waals surface area (Å²) in [6, 6.07) is 1.92. The van der Waals surface area contributed by atoms with E-state index in [9.17, 15) is 4.79 Å². The van der Waals surface area contributed by atoms with Crippen LogP contribution in [0.1, 0.15) is 44.5 Å². The molecule has 106 valence electrons. The number of carbonyl (C=O) groups excluding carboxylic acids is 1. The number of hydrogen-bond donors (Lipinski definition) is 1. The van der Waals surface area contributed by atoms with E-state index in [0.717, 1.165) is 13.0 Å². The fourth-order valence-electron chi connectivity index (χ4n) is 1.97. The zero-order valence-electron chi connectivity index (χ0n) is 12.1. The molecule has 5 heteroatoms. The minimum atomic E-state index is -0.399. The number of carbonyl (C=O) groups is 1. The second-order valence-electron chi connectivity index (χ2n) is 4.36. The van der Waals surface area contributed by atoms with E-state index in [1.54, 1.807) is 19.2 Å². The highest BCUT2D eigenvalue weighted by Gasteiger charge is 2.20. The van der Waals surface area contributed by atoms with Crippen molar-refractivity contribution >= 4 is 17.5 Å². The van der Waals surface area contributed by atoms with Crippen LogP contribution in [0.25, 0.3) is 0 Å². The van der Waals surface area contributed by atoms with Crippen LogP contribution in [-0.2, 0) is 4.74 Å². The number of hydrogen-bond acceptors (Lipinski definition) is 5. The summed E-state index contributed by atoms with van der Waals surface area (Å²) >= 11 is 0. The summed E-state index contributed by atoms with van der Waals surface area (Å²) in [6.07, 6.45) is 2.58. The Hall–Kier alpha value is -1.78. The van der Waals surface area contributed by atoms with Gasteiger partial charge >= 0.3 is 5.97 Å². The lowest BCUT2D eigenvalue weighted by Crippen LogP contribution is -2.34. The average Bonchev–Trinajstić information content (AvgIpc) is 2.41. The molecule has 19 heavy (non-hydrogen) atoms. The molecule has 0 amide bonds. The summed E-state index contributed by atoms with van der Waals surface area (Å²) in [7, 11) is 0. The van der Waals surface area contributed by atoms with Gasteiger partial charge in [0, 0.05) is 18.8 Å². The fraction of sp³-hybridized carbons (Fsp3) is 0.571. The molecule has 2 N–H and O–H groups in total. The van der Waals surface area contributed by atoms with E-state index >= 15 is 0 Å². The molecule has 1 heterocycles. The maximum absolute atomic E-state index is 11.8. The van der Waals surface area contributed by atoms with Crippen molar-refractivity contribution in [2.75, 3.05) is 23.8 Å². The van der Waals surface area contributed by atoms with E-state index in [1.165, 1.54) is 0 Å². The minimum absolute atomic E-state index is 0.317. The molecule has 1 aromatic heterocycles. The molecular formula is C14H23N3O2. The van der Waals surface area contributed by atoms with Gasteiger partial charge in [-0.3, -0.25) is 0 Å². The summed E-state index contributed by atoms with van der Waals surface area (Å²) in [5.41, 5.74) is 6.85. The number of nitrogens with two attached hydrogens (primary N) is 1. The molecule has 0 aliphatic carbocycles. The summed E-state index contributed by atoms with van der Waals surface area (Å²) in [5, 5.41) is 0. The Morgan fingerprint density at radius 2 is 2.16 bits per heavy atom. The molecule has 0 saturated carbocycles. The van der Waals surface area contributed by atoms with Crippen molar-refractivity contribution in [1.29, 1.82) is 0 Å². The van der Waals surface area contributed by atoms with Gasteiger partial charge in [0.05, 0.1) is 17.9 Å². The molecule has 0 bridgehead atoms. The van der Waals surface area contributed by atoms with Crippen LogP contribution in [0.3, 0.4) is 0 Å². The quantitative estimate of drug-likeness (QED) is 0.800. The normalized spacial score (nSPS) is 12.0. The summed E-state index contributed by atoms with van der Waals surface area (Å²) in [4.78, 5) is 18.2. The molecule has 0 radical (unpaired) electrons. The van der Waals surface area contributed by atoms with Crippen LogP contribution in [0.2, 0.25) is 0 Å². The molecule has 1 rings (SSSR count). The molecule has 1 atom stereocenters. The van der Waals surface area contributed by atoms with Gasteiger partial charge in [0.2, 0.25) is 0 Å². The van der Waals surface area contributed by atoms with E-state index in [4.69, 9.17) is 10.5 Å². The molecule has 0 spiro atoms. The van der Waals surface area contributed by atoms with Crippen LogP contribution in [-0.4, -0.2) is 30.1 Å². The topological polar surface area (TPSA) is 68.5 Å². The fourth-order valence-corrected chi connectivity index (χ4v) is 1.97. The van der Waals surface area contributed by atoms with Crippen molar-refractivity contribution in [3.8, 4) is 0 Å². The van der Waals surface area contributed by atoms with Crippen molar-refractivity contribution in [3.63, 3.8) is 0 Å². The summed E-state index contributed by atoms with van der Waals surface area (Å²) < 4.78 is 5.00. The van der Waals surface area contributed by atoms with E-state index in [0.29, 0.717) is 29.7 Å². The molecule has 1 aromatic rings. The molecule has 1 unspecified atom stereocenters. The Morgan fingerprint density at radius 1 is 1.47 bits per heavy atom. The number of nitrogens with zero attached hydrogens (tertiary/aromatic N) is 2. The summed E-state index contributed by atoms with van der Waals surface area (Å²) in [5.74, 6) is 0.256. The van der Waals surface area contributed by atoms with Crippen molar-refractivity contribution in [1.82, 2.24) is 4.98 Å². The lowest BCUT2D eigenvalue weighted by atomic mass is 10.1. The Bertz CT molecular complexity index is 435. The number of rotatable bonds is 6. The third-order valence-corrected chi connectivity index (χ3v) is 3.20. The van der Waals surface area contributed by atoms with Gasteiger partial charge in [-0.05, 0) is 33.3 Å². The Balaban J connectivity index is 3.15. The van der Waals surface area contributed by atoms with Crippen molar-refractivity contribution < 1.29 is 9.53 Å². The largest absolute Gasteiger partial charge is 0.462 e. The number of ether oxygens (including phenoxy) is 1. The first-order valence-electron chi connectivity index (χ1n) is 6.74. The second kappa shape index (κ2) is 6.97. The zero-order valence-corrected chi connectivity index (χ0v) is 12.1. The zero-order chi connectivity index (χ0) is 14.4. The number of pyridine rings is 1. The molecule has 5 nitrogen and oxygen atoms in total. The highest BCUT2D eigenvalue weighted by atomic mass is 16.5. The van der Waals surface area contributed by atoms with Crippen molar-refractivity contribution in [2.45, 2.75) is 40.2 Å². The third-order valence-electron chi connectivity index (χ3n) is 3.20. The highest BCUT2D eigenvalue weighted by molar-refractivity contribution is 5.97. The van der Waals surface area contributed by atoms with Crippen molar-refractivity contribution in [2.24, 2.45) is 0 Å². The predicted octanol–water partition coefficient (Wildman–Crippen LogP) is 2.47. The molecule has 0 aliphatic rings. The second-order valence-corrected chi connectivity index (χ2v) is 4.36.